The SMILES string of the molecule is COc1cccc([C@H](C)NC(=O)c2cc(C)nc3c2c(C)nn3-c2ccc(F)cc2)c1. The molecule has 0 radical (unpaired) electrons. The number of pyridine rings is 1. The highest BCUT2D eigenvalue weighted by atomic mass is 19.1. The molecule has 6 nitrogen and oxygen atoms in total. The van der Waals surface area contributed by atoms with Crippen molar-refractivity contribution >= 4 is 16.9 Å². The number of aromatic nitrogens is 3. The van der Waals surface area contributed by atoms with Gasteiger partial charge in [0.05, 0.1) is 35.5 Å². The van der Waals surface area contributed by atoms with Crippen LogP contribution in [0.3, 0.4) is 0 Å². The van der Waals surface area contributed by atoms with Crippen molar-refractivity contribution in [2.45, 2.75) is 26.8 Å². The van der Waals surface area contributed by atoms with E-state index in [9.17, 15) is 9.18 Å². The average molecular weight is 418 g/mol. The topological polar surface area (TPSA) is 69.0 Å². The number of nitrogens with one attached hydrogen (secondary N) is 1. The minimum Gasteiger partial charge on any atom is -0.497 e. The number of fused-ring (bicyclic) bond motifs is 1. The van der Waals surface area contributed by atoms with Gasteiger partial charge < -0.3 is 10.1 Å². The second-order valence-corrected chi connectivity index (χ2v) is 7.46. The van der Waals surface area contributed by atoms with E-state index in [1.54, 1.807) is 30.0 Å². The number of aryl methyl sites for hydroxylation is 2. The standard InChI is InChI=1S/C24H23FN4O2/c1-14-12-21(24(30)27-15(2)17-6-5-7-20(13-17)31-4)22-16(3)28-29(23(22)26-14)19-10-8-18(25)9-11-19/h5-13,15H,1-4H3,(H,27,30)/t15-/m0/s1. The minimum atomic E-state index is -0.326. The first-order valence-corrected chi connectivity index (χ1v) is 9.95. The van der Waals surface area contributed by atoms with E-state index in [1.807, 2.05) is 45.0 Å². The number of halogens is 1. The van der Waals surface area contributed by atoms with Gasteiger partial charge in [-0.05, 0) is 68.8 Å². The summed E-state index contributed by atoms with van der Waals surface area (Å²) in [5.41, 5.74) is 4.04. The summed E-state index contributed by atoms with van der Waals surface area (Å²) in [5.74, 6) is 0.192. The molecule has 158 valence electrons. The van der Waals surface area contributed by atoms with Crippen molar-refractivity contribution < 1.29 is 13.9 Å². The van der Waals surface area contributed by atoms with E-state index >= 15 is 0 Å². The molecule has 0 aliphatic carbocycles. The molecule has 1 N–H and O–H groups in total. The Balaban J connectivity index is 1.73. The molecule has 0 bridgehead atoms. The van der Waals surface area contributed by atoms with Crippen LogP contribution in [0.4, 0.5) is 4.39 Å². The number of ether oxygens (including phenoxy) is 1. The largest absolute Gasteiger partial charge is 0.497 e. The molecular formula is C24H23FN4O2. The van der Waals surface area contributed by atoms with Crippen LogP contribution in [0.1, 0.15) is 40.3 Å². The normalized spacial score (nSPS) is 12.0. The lowest BCUT2D eigenvalue weighted by Gasteiger charge is -2.16. The quantitative estimate of drug-likeness (QED) is 0.511. The third kappa shape index (κ3) is 3.99. The second kappa shape index (κ2) is 8.18. The fraction of sp³-hybridized carbons (Fsp3) is 0.208. The first-order valence-electron chi connectivity index (χ1n) is 9.95. The van der Waals surface area contributed by atoms with Gasteiger partial charge in [-0.3, -0.25) is 4.79 Å². The summed E-state index contributed by atoms with van der Waals surface area (Å²) in [4.78, 5) is 17.8. The monoisotopic (exact) mass is 418 g/mol. The lowest BCUT2D eigenvalue weighted by atomic mass is 10.1. The predicted octanol–water partition coefficient (Wildman–Crippen LogP) is 4.68. The summed E-state index contributed by atoms with van der Waals surface area (Å²) in [6.45, 7) is 5.59. The van der Waals surface area contributed by atoms with Gasteiger partial charge in [-0.2, -0.15) is 5.10 Å². The maximum atomic E-state index is 13.4. The van der Waals surface area contributed by atoms with E-state index in [2.05, 4.69) is 15.4 Å². The van der Waals surface area contributed by atoms with Crippen LogP contribution < -0.4 is 10.1 Å². The Labute approximate surface area is 179 Å². The highest BCUT2D eigenvalue weighted by molar-refractivity contribution is 6.07. The number of hydrogen-bond donors (Lipinski definition) is 1. The first kappa shape index (κ1) is 20.5. The van der Waals surface area contributed by atoms with Gasteiger partial charge in [0.25, 0.3) is 5.91 Å². The number of benzene rings is 2. The lowest BCUT2D eigenvalue weighted by Crippen LogP contribution is -2.27. The van der Waals surface area contributed by atoms with Gasteiger partial charge in [0.2, 0.25) is 0 Å². The number of hydrogen-bond acceptors (Lipinski definition) is 4. The maximum absolute atomic E-state index is 13.4. The fourth-order valence-corrected chi connectivity index (χ4v) is 3.62. The molecule has 4 rings (SSSR count). The summed E-state index contributed by atoms with van der Waals surface area (Å²) >= 11 is 0. The second-order valence-electron chi connectivity index (χ2n) is 7.46. The van der Waals surface area contributed by atoms with Gasteiger partial charge in [0.15, 0.2) is 5.65 Å². The van der Waals surface area contributed by atoms with Gasteiger partial charge >= 0.3 is 0 Å². The summed E-state index contributed by atoms with van der Waals surface area (Å²) in [6, 6.07) is 15.1. The number of methoxy groups -OCH3 is 1. The Kier molecular flexibility index (Phi) is 5.42. The van der Waals surface area contributed by atoms with Crippen LogP contribution in [-0.4, -0.2) is 27.8 Å². The fourth-order valence-electron chi connectivity index (χ4n) is 3.62. The van der Waals surface area contributed by atoms with Crippen LogP contribution in [-0.2, 0) is 0 Å². The molecule has 0 spiro atoms. The molecule has 1 amide bonds. The Bertz CT molecular complexity index is 1260. The van der Waals surface area contributed by atoms with Gasteiger partial charge in [-0.15, -0.1) is 0 Å². The van der Waals surface area contributed by atoms with Gasteiger partial charge in [-0.25, -0.2) is 14.1 Å². The molecule has 2 aromatic carbocycles. The molecule has 2 heterocycles. The van der Waals surface area contributed by atoms with Crippen molar-refractivity contribution in [2.24, 2.45) is 0 Å². The third-order valence-electron chi connectivity index (χ3n) is 5.20. The Morgan fingerprint density at radius 2 is 1.87 bits per heavy atom. The number of rotatable bonds is 5. The molecule has 0 saturated heterocycles. The Hall–Kier alpha value is -3.74. The zero-order chi connectivity index (χ0) is 22.1. The van der Waals surface area contributed by atoms with Crippen molar-refractivity contribution in [3.8, 4) is 11.4 Å². The zero-order valence-electron chi connectivity index (χ0n) is 17.8. The van der Waals surface area contributed by atoms with Crippen LogP contribution in [0.5, 0.6) is 5.75 Å². The molecule has 2 aromatic heterocycles. The Morgan fingerprint density at radius 1 is 1.13 bits per heavy atom. The van der Waals surface area contributed by atoms with E-state index in [-0.39, 0.29) is 17.8 Å². The number of nitrogens with zero attached hydrogens (tertiary/aromatic N) is 3. The highest BCUT2D eigenvalue weighted by Gasteiger charge is 2.21. The summed E-state index contributed by atoms with van der Waals surface area (Å²) in [7, 11) is 1.61. The van der Waals surface area contributed by atoms with E-state index in [0.717, 1.165) is 11.3 Å². The molecular weight excluding hydrogens is 395 g/mol. The lowest BCUT2D eigenvalue weighted by molar-refractivity contribution is 0.0941. The highest BCUT2D eigenvalue weighted by Crippen LogP contribution is 2.26. The van der Waals surface area contributed by atoms with Crippen molar-refractivity contribution in [2.75, 3.05) is 7.11 Å². The average Bonchev–Trinajstić information content (AvgIpc) is 3.09. The van der Waals surface area contributed by atoms with Crippen molar-refractivity contribution in [1.29, 1.82) is 0 Å². The van der Waals surface area contributed by atoms with E-state index in [0.29, 0.717) is 33.7 Å². The van der Waals surface area contributed by atoms with Crippen molar-refractivity contribution in [3.05, 3.63) is 82.9 Å². The molecule has 4 aromatic rings. The molecule has 31 heavy (non-hydrogen) atoms. The smallest absolute Gasteiger partial charge is 0.252 e. The van der Waals surface area contributed by atoms with Gasteiger partial charge in [0.1, 0.15) is 11.6 Å². The van der Waals surface area contributed by atoms with E-state index < -0.39 is 0 Å². The Morgan fingerprint density at radius 3 is 2.58 bits per heavy atom. The van der Waals surface area contributed by atoms with Crippen LogP contribution in [0.25, 0.3) is 16.7 Å². The zero-order valence-corrected chi connectivity index (χ0v) is 17.8. The van der Waals surface area contributed by atoms with Crippen molar-refractivity contribution in [3.63, 3.8) is 0 Å². The minimum absolute atomic E-state index is 0.215. The summed E-state index contributed by atoms with van der Waals surface area (Å²) < 4.78 is 20.3. The molecule has 7 heteroatoms. The molecule has 0 saturated carbocycles. The maximum Gasteiger partial charge on any atom is 0.252 e. The van der Waals surface area contributed by atoms with Crippen LogP contribution >= 0.6 is 0 Å². The molecule has 0 aliphatic heterocycles. The molecule has 0 aliphatic rings. The third-order valence-corrected chi connectivity index (χ3v) is 5.20. The molecule has 1 atom stereocenters. The van der Waals surface area contributed by atoms with Gasteiger partial charge in [-0.1, -0.05) is 12.1 Å². The van der Waals surface area contributed by atoms with Crippen LogP contribution in [0.2, 0.25) is 0 Å². The van der Waals surface area contributed by atoms with Crippen LogP contribution in [0.15, 0.2) is 54.6 Å². The van der Waals surface area contributed by atoms with E-state index in [1.165, 1.54) is 12.1 Å². The molecule has 0 unspecified atom stereocenters. The number of carbonyl (C=O) groups excluding carboxylic acids is 1. The van der Waals surface area contributed by atoms with Crippen LogP contribution in [0, 0.1) is 19.7 Å². The number of amides is 1. The summed E-state index contributed by atoms with van der Waals surface area (Å²) in [5, 5.41) is 8.30. The van der Waals surface area contributed by atoms with Gasteiger partial charge in [0, 0.05) is 5.69 Å². The molecule has 0 fully saturated rings. The van der Waals surface area contributed by atoms with Crippen molar-refractivity contribution in [1.82, 2.24) is 20.1 Å². The predicted molar refractivity (Wildman–Crippen MR) is 117 cm³/mol. The first-order chi connectivity index (χ1) is 14.9. The number of carbonyl (C=O) groups is 1. The van der Waals surface area contributed by atoms with E-state index in [4.69, 9.17) is 4.74 Å². The summed E-state index contributed by atoms with van der Waals surface area (Å²) in [6.07, 6.45) is 0.